The Morgan fingerprint density at radius 3 is 2.38 bits per heavy atom. The molecule has 0 radical (unpaired) electrons. The van der Waals surface area contributed by atoms with Crippen molar-refractivity contribution in [3.63, 3.8) is 0 Å². The molecule has 2 amide bonds. The monoisotopic (exact) mass is 565 g/mol. The molecule has 212 valence electrons. The van der Waals surface area contributed by atoms with Gasteiger partial charge in [-0.05, 0) is 36.6 Å². The minimum Gasteiger partial charge on any atom is -0.454 e. The Hall–Kier alpha value is -4.05. The number of anilines is 1. The van der Waals surface area contributed by atoms with Crippen LogP contribution in [0, 0.1) is 6.92 Å². The van der Waals surface area contributed by atoms with E-state index in [1.807, 2.05) is 61.5 Å². The van der Waals surface area contributed by atoms with Crippen molar-refractivity contribution in [2.24, 2.45) is 0 Å². The maximum atomic E-state index is 13.7. The van der Waals surface area contributed by atoms with E-state index in [-0.39, 0.29) is 44.5 Å². The molecule has 0 unspecified atom stereocenters. The molecule has 1 atom stereocenters. The van der Waals surface area contributed by atoms with Crippen molar-refractivity contribution in [2.45, 2.75) is 38.8 Å². The zero-order valence-corrected chi connectivity index (χ0v) is 23.8. The van der Waals surface area contributed by atoms with Gasteiger partial charge in [-0.15, -0.1) is 0 Å². The quantitative estimate of drug-likeness (QED) is 0.360. The van der Waals surface area contributed by atoms with Crippen LogP contribution < -0.4 is 19.1 Å². The van der Waals surface area contributed by atoms with Crippen molar-refractivity contribution < 1.29 is 27.5 Å². The number of nitrogens with one attached hydrogen (secondary N) is 1. The summed E-state index contributed by atoms with van der Waals surface area (Å²) in [5.41, 5.74) is 3.33. The Morgan fingerprint density at radius 1 is 0.950 bits per heavy atom. The fraction of sp³-hybridized carbons (Fsp3) is 0.333. The van der Waals surface area contributed by atoms with Crippen molar-refractivity contribution in [3.8, 4) is 11.5 Å². The number of amides is 2. The zero-order chi connectivity index (χ0) is 28.7. The molecule has 0 saturated carbocycles. The van der Waals surface area contributed by atoms with Gasteiger partial charge in [0.1, 0.15) is 6.04 Å². The average molecular weight is 566 g/mol. The molecule has 1 heterocycles. The van der Waals surface area contributed by atoms with Crippen LogP contribution in [-0.4, -0.2) is 57.8 Å². The fourth-order valence-corrected chi connectivity index (χ4v) is 5.73. The Morgan fingerprint density at radius 2 is 1.68 bits per heavy atom. The minimum atomic E-state index is -3.63. The van der Waals surface area contributed by atoms with E-state index in [0.29, 0.717) is 23.6 Å². The first-order chi connectivity index (χ1) is 19.2. The highest BCUT2D eigenvalue weighted by Gasteiger charge is 2.30. The lowest BCUT2D eigenvalue weighted by Crippen LogP contribution is -2.49. The second kappa shape index (κ2) is 12.9. The van der Waals surface area contributed by atoms with Gasteiger partial charge >= 0.3 is 0 Å². The smallest absolute Gasteiger partial charge is 0.242 e. The topological polar surface area (TPSA) is 105 Å². The van der Waals surface area contributed by atoms with Crippen LogP contribution in [0.3, 0.4) is 0 Å². The summed E-state index contributed by atoms with van der Waals surface area (Å²) in [6.07, 6.45) is 1.80. The number of benzene rings is 3. The third kappa shape index (κ3) is 7.32. The summed E-state index contributed by atoms with van der Waals surface area (Å²) in [5.74, 6) is 0.534. The van der Waals surface area contributed by atoms with E-state index in [0.717, 1.165) is 22.9 Å². The molecule has 0 spiro atoms. The van der Waals surface area contributed by atoms with E-state index in [1.165, 1.54) is 4.31 Å². The maximum absolute atomic E-state index is 13.7. The summed E-state index contributed by atoms with van der Waals surface area (Å²) in [5, 5.41) is 2.71. The molecule has 9 nitrogen and oxygen atoms in total. The molecule has 40 heavy (non-hydrogen) atoms. The first-order valence-corrected chi connectivity index (χ1v) is 15.0. The SMILES string of the molecule is CNC(=O)[C@H](Cc1ccccc1)N(Cc1cccc(C)c1)C(=O)CCCN(c1ccc2c(c1)OCO2)S(C)(=O)=O. The molecule has 0 saturated heterocycles. The van der Waals surface area contributed by atoms with Crippen molar-refractivity contribution in [3.05, 3.63) is 89.5 Å². The van der Waals surface area contributed by atoms with E-state index in [9.17, 15) is 18.0 Å². The summed E-state index contributed by atoms with van der Waals surface area (Å²) in [7, 11) is -2.07. The van der Waals surface area contributed by atoms with Gasteiger partial charge in [-0.25, -0.2) is 8.42 Å². The molecule has 1 aliphatic rings. The lowest BCUT2D eigenvalue weighted by molar-refractivity contribution is -0.141. The maximum Gasteiger partial charge on any atom is 0.242 e. The third-order valence-electron chi connectivity index (χ3n) is 6.75. The molecule has 4 rings (SSSR count). The van der Waals surface area contributed by atoms with Crippen LogP contribution in [-0.2, 0) is 32.6 Å². The van der Waals surface area contributed by atoms with Crippen LogP contribution in [0.2, 0.25) is 0 Å². The number of rotatable bonds is 12. The van der Waals surface area contributed by atoms with Gasteiger partial charge in [0.15, 0.2) is 11.5 Å². The number of carbonyl (C=O) groups excluding carboxylic acids is 2. The zero-order valence-electron chi connectivity index (χ0n) is 23.0. The number of aryl methyl sites for hydroxylation is 1. The normalized spacial score (nSPS) is 13.0. The lowest BCUT2D eigenvalue weighted by Gasteiger charge is -2.31. The van der Waals surface area contributed by atoms with E-state index >= 15 is 0 Å². The third-order valence-corrected chi connectivity index (χ3v) is 7.94. The number of hydrogen-bond donors (Lipinski definition) is 1. The van der Waals surface area contributed by atoms with Gasteiger partial charge in [-0.2, -0.15) is 0 Å². The number of carbonyl (C=O) groups is 2. The fourth-order valence-electron chi connectivity index (χ4n) is 4.77. The van der Waals surface area contributed by atoms with Gasteiger partial charge in [0.05, 0.1) is 11.9 Å². The molecule has 10 heteroatoms. The predicted molar refractivity (Wildman–Crippen MR) is 154 cm³/mol. The molecule has 0 fully saturated rings. The van der Waals surface area contributed by atoms with Crippen molar-refractivity contribution >= 4 is 27.5 Å². The highest BCUT2D eigenvalue weighted by Crippen LogP contribution is 2.36. The first-order valence-electron chi connectivity index (χ1n) is 13.1. The van der Waals surface area contributed by atoms with Gasteiger partial charge < -0.3 is 19.7 Å². The molecule has 0 bridgehead atoms. The summed E-state index contributed by atoms with van der Waals surface area (Å²) < 4.78 is 37.3. The first kappa shape index (κ1) is 28.9. The highest BCUT2D eigenvalue weighted by atomic mass is 32.2. The average Bonchev–Trinajstić information content (AvgIpc) is 3.40. The Balaban J connectivity index is 1.55. The number of sulfonamides is 1. The number of hydrogen-bond acceptors (Lipinski definition) is 6. The number of nitrogens with zero attached hydrogens (tertiary/aromatic N) is 2. The minimum absolute atomic E-state index is 0.0602. The van der Waals surface area contributed by atoms with Gasteiger partial charge in [0.25, 0.3) is 0 Å². The van der Waals surface area contributed by atoms with Gasteiger partial charge in [-0.3, -0.25) is 13.9 Å². The number of fused-ring (bicyclic) bond motifs is 1. The number of ether oxygens (including phenoxy) is 2. The Kier molecular flexibility index (Phi) is 9.31. The molecule has 3 aromatic carbocycles. The van der Waals surface area contributed by atoms with Crippen LogP contribution in [0.1, 0.15) is 29.5 Å². The summed E-state index contributed by atoms with van der Waals surface area (Å²) in [6.45, 7) is 2.40. The lowest BCUT2D eigenvalue weighted by atomic mass is 10.0. The van der Waals surface area contributed by atoms with Crippen LogP contribution >= 0.6 is 0 Å². The van der Waals surface area contributed by atoms with Gasteiger partial charge in [-0.1, -0.05) is 60.2 Å². The second-order valence-corrected chi connectivity index (χ2v) is 11.7. The highest BCUT2D eigenvalue weighted by molar-refractivity contribution is 7.92. The summed E-state index contributed by atoms with van der Waals surface area (Å²) in [4.78, 5) is 28.4. The molecule has 0 aromatic heterocycles. The largest absolute Gasteiger partial charge is 0.454 e. The molecular weight excluding hydrogens is 530 g/mol. The Labute approximate surface area is 235 Å². The van der Waals surface area contributed by atoms with Crippen LogP contribution in [0.4, 0.5) is 5.69 Å². The van der Waals surface area contributed by atoms with Crippen molar-refractivity contribution in [1.29, 1.82) is 0 Å². The predicted octanol–water partition coefficient (Wildman–Crippen LogP) is 3.66. The van der Waals surface area contributed by atoms with Crippen LogP contribution in [0.15, 0.2) is 72.8 Å². The van der Waals surface area contributed by atoms with Gasteiger partial charge in [0, 0.05) is 39.0 Å². The number of likely N-dealkylation sites (N-methyl/N-ethyl adjacent to an activating group) is 1. The molecule has 0 aliphatic carbocycles. The van der Waals surface area contributed by atoms with Crippen molar-refractivity contribution in [2.75, 3.05) is 30.9 Å². The van der Waals surface area contributed by atoms with Crippen LogP contribution in [0.5, 0.6) is 11.5 Å². The molecule has 1 N–H and O–H groups in total. The van der Waals surface area contributed by atoms with E-state index in [2.05, 4.69) is 5.32 Å². The van der Waals surface area contributed by atoms with E-state index in [1.54, 1.807) is 30.1 Å². The Bertz CT molecular complexity index is 1440. The molecule has 1 aliphatic heterocycles. The second-order valence-electron chi connectivity index (χ2n) is 9.81. The van der Waals surface area contributed by atoms with E-state index in [4.69, 9.17) is 9.47 Å². The van der Waals surface area contributed by atoms with Crippen molar-refractivity contribution in [1.82, 2.24) is 10.2 Å². The molecular formula is C30H35N3O6S. The van der Waals surface area contributed by atoms with E-state index < -0.39 is 16.1 Å². The standard InChI is InChI=1S/C30H35N3O6S/c1-22-9-7-12-24(17-22)20-32(26(30(35)31-2)18-23-10-5-4-6-11-23)29(34)13-8-16-33(40(3,36)37)25-14-15-27-28(19-25)39-21-38-27/h4-7,9-12,14-15,17,19,26H,8,13,16,18,20-21H2,1-3H3,(H,31,35)/t26-/m0/s1. The van der Waals surface area contributed by atoms with Gasteiger partial charge in [0.2, 0.25) is 28.6 Å². The summed E-state index contributed by atoms with van der Waals surface area (Å²) in [6, 6.07) is 21.6. The summed E-state index contributed by atoms with van der Waals surface area (Å²) >= 11 is 0. The van der Waals surface area contributed by atoms with Crippen LogP contribution in [0.25, 0.3) is 0 Å². The molecule has 3 aromatic rings.